The summed E-state index contributed by atoms with van der Waals surface area (Å²) in [6, 6.07) is 0.0702. The Balaban J connectivity index is 2.05. The maximum atomic E-state index is 12.9. The van der Waals surface area contributed by atoms with Crippen molar-refractivity contribution in [2.24, 2.45) is 5.92 Å². The Kier molecular flexibility index (Phi) is 5.23. The van der Waals surface area contributed by atoms with Crippen LogP contribution in [-0.2, 0) is 9.53 Å². The van der Waals surface area contributed by atoms with E-state index in [2.05, 4.69) is 51.8 Å². The summed E-state index contributed by atoms with van der Waals surface area (Å²) in [6.45, 7) is 14.8. The highest BCUT2D eigenvalue weighted by molar-refractivity contribution is 5.82. The first-order valence-corrected chi connectivity index (χ1v) is 8.87. The van der Waals surface area contributed by atoms with Gasteiger partial charge in [0.1, 0.15) is 0 Å². The average molecular weight is 310 g/mol. The van der Waals surface area contributed by atoms with Crippen LogP contribution in [0.25, 0.3) is 0 Å². The molecule has 0 aromatic heterocycles. The molecule has 0 aromatic rings. The molecule has 2 fully saturated rings. The number of nitrogens with one attached hydrogen (secondary N) is 1. The highest BCUT2D eigenvalue weighted by Gasteiger charge is 2.47. The van der Waals surface area contributed by atoms with Gasteiger partial charge in [0, 0.05) is 0 Å². The second-order valence-corrected chi connectivity index (χ2v) is 8.52. The van der Waals surface area contributed by atoms with Crippen molar-refractivity contribution >= 4 is 5.91 Å². The van der Waals surface area contributed by atoms with Crippen LogP contribution >= 0.6 is 0 Å². The molecule has 2 rings (SSSR count). The average Bonchev–Trinajstić information content (AvgIpc) is 2.57. The highest BCUT2D eigenvalue weighted by Crippen LogP contribution is 2.37. The van der Waals surface area contributed by atoms with Crippen LogP contribution < -0.4 is 5.32 Å². The summed E-state index contributed by atoms with van der Waals surface area (Å²) >= 11 is 0. The minimum atomic E-state index is -0.303. The van der Waals surface area contributed by atoms with Crippen LogP contribution in [-0.4, -0.2) is 47.2 Å². The second kappa shape index (κ2) is 6.48. The molecule has 4 nitrogen and oxygen atoms in total. The minimum Gasteiger partial charge on any atom is -0.367 e. The number of likely N-dealkylation sites (tertiary alicyclic amines) is 1. The Hall–Kier alpha value is -0.610. The van der Waals surface area contributed by atoms with Gasteiger partial charge in [-0.1, -0.05) is 20.3 Å². The number of rotatable bonds is 4. The van der Waals surface area contributed by atoms with Crippen molar-refractivity contribution < 1.29 is 9.53 Å². The zero-order valence-corrected chi connectivity index (χ0v) is 15.2. The molecule has 4 heteroatoms. The molecule has 0 radical (unpaired) electrons. The molecule has 0 aromatic carbocycles. The van der Waals surface area contributed by atoms with E-state index in [0.717, 1.165) is 19.5 Å². The molecule has 2 aliphatic heterocycles. The van der Waals surface area contributed by atoms with Crippen LogP contribution in [0.4, 0.5) is 0 Å². The van der Waals surface area contributed by atoms with E-state index in [0.29, 0.717) is 5.92 Å². The van der Waals surface area contributed by atoms with Crippen LogP contribution in [0.15, 0.2) is 0 Å². The summed E-state index contributed by atoms with van der Waals surface area (Å²) < 4.78 is 6.11. The first-order valence-electron chi connectivity index (χ1n) is 8.87. The van der Waals surface area contributed by atoms with E-state index >= 15 is 0 Å². The summed E-state index contributed by atoms with van der Waals surface area (Å²) in [4.78, 5) is 15.3. The van der Waals surface area contributed by atoms with E-state index in [9.17, 15) is 4.79 Å². The summed E-state index contributed by atoms with van der Waals surface area (Å²) in [5, 5.41) is 3.30. The molecule has 0 unspecified atom stereocenters. The third-order valence-corrected chi connectivity index (χ3v) is 5.07. The van der Waals surface area contributed by atoms with Gasteiger partial charge in [-0.05, 0) is 66.0 Å². The van der Waals surface area contributed by atoms with E-state index < -0.39 is 0 Å². The van der Waals surface area contributed by atoms with Gasteiger partial charge in [0.15, 0.2) is 0 Å². The van der Waals surface area contributed by atoms with Gasteiger partial charge in [0.25, 0.3) is 0 Å². The lowest BCUT2D eigenvalue weighted by Crippen LogP contribution is -2.56. The number of hydrogen-bond acceptors (Lipinski definition) is 3. The molecular weight excluding hydrogens is 276 g/mol. The summed E-state index contributed by atoms with van der Waals surface area (Å²) in [5.41, 5.74) is -0.470. The summed E-state index contributed by atoms with van der Waals surface area (Å²) in [5.74, 6) is 0.507. The molecule has 1 amide bonds. The Morgan fingerprint density at radius 3 is 2.18 bits per heavy atom. The fourth-order valence-electron chi connectivity index (χ4n) is 4.13. The molecule has 2 heterocycles. The van der Waals surface area contributed by atoms with Gasteiger partial charge in [-0.3, -0.25) is 9.69 Å². The van der Waals surface area contributed by atoms with Gasteiger partial charge in [-0.25, -0.2) is 0 Å². The molecule has 2 aliphatic rings. The first-order chi connectivity index (χ1) is 10.1. The largest absolute Gasteiger partial charge is 0.367 e. The van der Waals surface area contributed by atoms with Crippen molar-refractivity contribution in [3.8, 4) is 0 Å². The molecule has 0 spiro atoms. The number of piperidine rings is 1. The first kappa shape index (κ1) is 17.7. The zero-order valence-electron chi connectivity index (χ0n) is 15.2. The standard InChI is InChI=1S/C18H34N2O2/c1-13(2)15(20-10-8-7-9-11-20)16(21)19-14-12-17(3,4)22-18(14,5)6/h13-15H,7-12H2,1-6H3,(H,19,21)/t14-,15-/m1/s1. The maximum Gasteiger partial charge on any atom is 0.237 e. The Morgan fingerprint density at radius 1 is 1.14 bits per heavy atom. The number of hydrogen-bond donors (Lipinski definition) is 1. The number of carbonyl (C=O) groups excluding carboxylic acids is 1. The van der Waals surface area contributed by atoms with Crippen molar-refractivity contribution in [1.29, 1.82) is 0 Å². The third-order valence-electron chi connectivity index (χ3n) is 5.07. The smallest absolute Gasteiger partial charge is 0.237 e. The molecule has 1 N–H and O–H groups in total. The second-order valence-electron chi connectivity index (χ2n) is 8.52. The number of amides is 1. The predicted molar refractivity (Wildman–Crippen MR) is 89.8 cm³/mol. The zero-order chi connectivity index (χ0) is 16.5. The summed E-state index contributed by atoms with van der Waals surface area (Å²) in [6.07, 6.45) is 4.58. The monoisotopic (exact) mass is 310 g/mol. The number of nitrogens with zero attached hydrogens (tertiary/aromatic N) is 1. The van der Waals surface area contributed by atoms with E-state index in [1.54, 1.807) is 0 Å². The molecule has 2 atom stereocenters. The SMILES string of the molecule is CC(C)[C@H](C(=O)N[C@@H]1CC(C)(C)OC1(C)C)N1CCCCC1. The Morgan fingerprint density at radius 2 is 1.73 bits per heavy atom. The molecule has 128 valence electrons. The van der Waals surface area contributed by atoms with Crippen LogP contribution in [0.1, 0.15) is 67.2 Å². The van der Waals surface area contributed by atoms with Gasteiger partial charge in [0.05, 0.1) is 23.3 Å². The Labute approximate surface area is 136 Å². The molecule has 0 aliphatic carbocycles. The molecule has 2 saturated heterocycles. The van der Waals surface area contributed by atoms with Gasteiger partial charge >= 0.3 is 0 Å². The van der Waals surface area contributed by atoms with E-state index in [1.165, 1.54) is 19.3 Å². The predicted octanol–water partition coefficient (Wildman–Crippen LogP) is 2.96. The summed E-state index contributed by atoms with van der Waals surface area (Å²) in [7, 11) is 0. The van der Waals surface area contributed by atoms with Gasteiger partial charge < -0.3 is 10.1 Å². The van der Waals surface area contributed by atoms with Crippen LogP contribution in [0.5, 0.6) is 0 Å². The third kappa shape index (κ3) is 4.02. The van der Waals surface area contributed by atoms with Crippen LogP contribution in [0, 0.1) is 5.92 Å². The van der Waals surface area contributed by atoms with E-state index in [-0.39, 0.29) is 29.2 Å². The molecular formula is C18H34N2O2. The lowest BCUT2D eigenvalue weighted by Gasteiger charge is -2.37. The van der Waals surface area contributed by atoms with Crippen LogP contribution in [0.2, 0.25) is 0 Å². The van der Waals surface area contributed by atoms with Crippen molar-refractivity contribution in [3.63, 3.8) is 0 Å². The van der Waals surface area contributed by atoms with Gasteiger partial charge in [0.2, 0.25) is 5.91 Å². The lowest BCUT2D eigenvalue weighted by molar-refractivity contribution is -0.131. The van der Waals surface area contributed by atoms with Crippen LogP contribution in [0.3, 0.4) is 0 Å². The van der Waals surface area contributed by atoms with Crippen molar-refractivity contribution in [1.82, 2.24) is 10.2 Å². The quantitative estimate of drug-likeness (QED) is 0.868. The van der Waals surface area contributed by atoms with E-state index in [4.69, 9.17) is 4.74 Å². The fourth-order valence-corrected chi connectivity index (χ4v) is 4.13. The Bertz CT molecular complexity index is 398. The number of ether oxygens (including phenoxy) is 1. The molecule has 22 heavy (non-hydrogen) atoms. The van der Waals surface area contributed by atoms with Gasteiger partial charge in [-0.2, -0.15) is 0 Å². The number of carbonyl (C=O) groups is 1. The normalized spacial score (nSPS) is 29.5. The minimum absolute atomic E-state index is 0.0141. The highest BCUT2D eigenvalue weighted by atomic mass is 16.5. The molecule has 0 saturated carbocycles. The maximum absolute atomic E-state index is 12.9. The lowest BCUT2D eigenvalue weighted by atomic mass is 9.92. The topological polar surface area (TPSA) is 41.6 Å². The van der Waals surface area contributed by atoms with Crippen molar-refractivity contribution in [3.05, 3.63) is 0 Å². The van der Waals surface area contributed by atoms with E-state index in [1.807, 2.05) is 0 Å². The fraction of sp³-hybridized carbons (Fsp3) is 0.944. The van der Waals surface area contributed by atoms with Gasteiger partial charge in [-0.15, -0.1) is 0 Å². The van der Waals surface area contributed by atoms with Crippen molar-refractivity contribution in [2.45, 2.75) is 90.5 Å². The van der Waals surface area contributed by atoms with Crippen molar-refractivity contribution in [2.75, 3.05) is 13.1 Å². The molecule has 0 bridgehead atoms.